The van der Waals surface area contributed by atoms with Gasteiger partial charge in [-0.25, -0.2) is 0 Å². The molecule has 1 N–H and O–H groups in total. The van der Waals surface area contributed by atoms with Gasteiger partial charge in [0.1, 0.15) is 6.10 Å². The highest BCUT2D eigenvalue weighted by molar-refractivity contribution is 9.10. The van der Waals surface area contributed by atoms with E-state index >= 15 is 0 Å². The Hall–Kier alpha value is -0.640. The summed E-state index contributed by atoms with van der Waals surface area (Å²) in [5, 5.41) is 10.5. The summed E-state index contributed by atoms with van der Waals surface area (Å²) in [4.78, 5) is 2.19. The molecule has 0 aliphatic carbocycles. The van der Waals surface area contributed by atoms with Crippen LogP contribution in [-0.4, -0.2) is 5.11 Å². The van der Waals surface area contributed by atoms with E-state index in [-0.39, 0.29) is 0 Å². The van der Waals surface area contributed by atoms with E-state index < -0.39 is 6.10 Å². The van der Waals surface area contributed by atoms with E-state index in [1.807, 2.05) is 32.0 Å². The molecule has 1 aromatic heterocycles. The molecule has 17 heavy (non-hydrogen) atoms. The van der Waals surface area contributed by atoms with Crippen LogP contribution in [0.4, 0.5) is 0 Å². The van der Waals surface area contributed by atoms with Crippen LogP contribution in [0.1, 0.15) is 32.5 Å². The monoisotopic (exact) mass is 310 g/mol. The van der Waals surface area contributed by atoms with Gasteiger partial charge >= 0.3 is 0 Å². The third-order valence-electron chi connectivity index (χ3n) is 2.90. The van der Waals surface area contributed by atoms with Crippen molar-refractivity contribution >= 4 is 27.3 Å². The summed E-state index contributed by atoms with van der Waals surface area (Å²) in [6.07, 6.45) is -0.538. The van der Waals surface area contributed by atoms with Gasteiger partial charge in [0.25, 0.3) is 0 Å². The van der Waals surface area contributed by atoms with Gasteiger partial charge in [-0.1, -0.05) is 18.2 Å². The lowest BCUT2D eigenvalue weighted by Crippen LogP contribution is -2.03. The van der Waals surface area contributed by atoms with Crippen LogP contribution in [0.25, 0.3) is 0 Å². The third-order valence-corrected chi connectivity index (χ3v) is 4.92. The standard InChI is InChI=1S/C14H15BrOS/c1-8-5-4-6-9(2)12(8)13(16)14-11(15)7-10(3)17-14/h4-7,13,16H,1-3H3. The zero-order valence-corrected chi connectivity index (χ0v) is 12.5. The van der Waals surface area contributed by atoms with Gasteiger partial charge in [0.2, 0.25) is 0 Å². The summed E-state index contributed by atoms with van der Waals surface area (Å²) in [6.45, 7) is 6.14. The smallest absolute Gasteiger partial charge is 0.115 e. The first kappa shape index (κ1) is 12.8. The lowest BCUT2D eigenvalue weighted by Gasteiger charge is -2.15. The topological polar surface area (TPSA) is 20.2 Å². The van der Waals surface area contributed by atoms with Gasteiger partial charge in [0.05, 0.1) is 4.88 Å². The second-order valence-electron chi connectivity index (χ2n) is 4.28. The first-order chi connectivity index (χ1) is 8.00. The number of aliphatic hydroxyl groups is 1. The molecule has 0 fully saturated rings. The minimum atomic E-state index is -0.538. The van der Waals surface area contributed by atoms with Crippen molar-refractivity contribution in [3.05, 3.63) is 55.2 Å². The highest BCUT2D eigenvalue weighted by Gasteiger charge is 2.19. The second-order valence-corrected chi connectivity index (χ2v) is 6.42. The molecule has 3 heteroatoms. The van der Waals surface area contributed by atoms with Gasteiger partial charge in [-0.05, 0) is 59.5 Å². The van der Waals surface area contributed by atoms with Gasteiger partial charge < -0.3 is 5.11 Å². The van der Waals surface area contributed by atoms with Crippen molar-refractivity contribution in [1.29, 1.82) is 0 Å². The van der Waals surface area contributed by atoms with Crippen molar-refractivity contribution in [2.24, 2.45) is 0 Å². The average Bonchev–Trinajstić information content (AvgIpc) is 2.57. The zero-order valence-electron chi connectivity index (χ0n) is 10.1. The van der Waals surface area contributed by atoms with E-state index in [2.05, 4.69) is 28.9 Å². The molecule has 90 valence electrons. The van der Waals surface area contributed by atoms with Crippen LogP contribution in [0.2, 0.25) is 0 Å². The molecule has 1 unspecified atom stereocenters. The van der Waals surface area contributed by atoms with E-state index in [1.165, 1.54) is 4.88 Å². The van der Waals surface area contributed by atoms with E-state index in [0.29, 0.717) is 0 Å². The lowest BCUT2D eigenvalue weighted by atomic mass is 9.97. The molecule has 0 amide bonds. The fourth-order valence-electron chi connectivity index (χ4n) is 2.08. The van der Waals surface area contributed by atoms with E-state index in [1.54, 1.807) is 11.3 Å². The molecule has 0 radical (unpaired) electrons. The van der Waals surface area contributed by atoms with Crippen molar-refractivity contribution < 1.29 is 5.11 Å². The summed E-state index contributed by atoms with van der Waals surface area (Å²) < 4.78 is 0.996. The number of hydrogen-bond donors (Lipinski definition) is 1. The number of halogens is 1. The normalized spacial score (nSPS) is 12.8. The number of aryl methyl sites for hydroxylation is 3. The Morgan fingerprint density at radius 2 is 1.76 bits per heavy atom. The maximum absolute atomic E-state index is 10.5. The first-order valence-electron chi connectivity index (χ1n) is 5.50. The molecule has 1 aromatic carbocycles. The fourth-order valence-corrected chi connectivity index (χ4v) is 3.94. The largest absolute Gasteiger partial charge is 0.383 e. The van der Waals surface area contributed by atoms with Gasteiger partial charge in [-0.2, -0.15) is 0 Å². The van der Waals surface area contributed by atoms with Crippen LogP contribution in [0.15, 0.2) is 28.7 Å². The Labute approximate surface area is 114 Å². The minimum absolute atomic E-state index is 0.538. The molecule has 0 aliphatic heterocycles. The van der Waals surface area contributed by atoms with Gasteiger partial charge in [-0.3, -0.25) is 0 Å². The molecule has 2 aromatic rings. The fraction of sp³-hybridized carbons (Fsp3) is 0.286. The van der Waals surface area contributed by atoms with Crippen molar-refractivity contribution in [2.45, 2.75) is 26.9 Å². The second kappa shape index (κ2) is 4.92. The van der Waals surface area contributed by atoms with Crippen molar-refractivity contribution in [2.75, 3.05) is 0 Å². The zero-order chi connectivity index (χ0) is 12.6. The maximum atomic E-state index is 10.5. The van der Waals surface area contributed by atoms with Crippen LogP contribution >= 0.6 is 27.3 Å². The number of benzene rings is 1. The average molecular weight is 311 g/mol. The highest BCUT2D eigenvalue weighted by Crippen LogP contribution is 2.37. The molecule has 0 spiro atoms. The predicted molar refractivity (Wildman–Crippen MR) is 76.7 cm³/mol. The molecular weight excluding hydrogens is 296 g/mol. The summed E-state index contributed by atoms with van der Waals surface area (Å²) in [7, 11) is 0. The molecule has 1 nitrogen and oxygen atoms in total. The van der Waals surface area contributed by atoms with E-state index in [9.17, 15) is 5.11 Å². The SMILES string of the molecule is Cc1cc(Br)c(C(O)c2c(C)cccc2C)s1. The number of rotatable bonds is 2. The summed E-state index contributed by atoms with van der Waals surface area (Å²) in [5.74, 6) is 0. The maximum Gasteiger partial charge on any atom is 0.115 e. The predicted octanol–water partition coefficient (Wildman–Crippen LogP) is 4.52. The van der Waals surface area contributed by atoms with Crippen molar-refractivity contribution in [1.82, 2.24) is 0 Å². The summed E-state index contributed by atoms with van der Waals surface area (Å²) >= 11 is 5.15. The van der Waals surface area contributed by atoms with Gasteiger partial charge in [0.15, 0.2) is 0 Å². The van der Waals surface area contributed by atoms with Crippen LogP contribution in [-0.2, 0) is 0 Å². The Kier molecular flexibility index (Phi) is 3.71. The Morgan fingerprint density at radius 1 is 1.18 bits per heavy atom. The molecule has 0 saturated carbocycles. The summed E-state index contributed by atoms with van der Waals surface area (Å²) in [6, 6.07) is 8.16. The Balaban J connectivity index is 2.51. The molecule has 1 heterocycles. The first-order valence-corrected chi connectivity index (χ1v) is 7.11. The lowest BCUT2D eigenvalue weighted by molar-refractivity contribution is 0.222. The molecule has 2 rings (SSSR count). The van der Waals surface area contributed by atoms with Gasteiger partial charge in [0, 0.05) is 9.35 Å². The number of aliphatic hydroxyl groups excluding tert-OH is 1. The van der Waals surface area contributed by atoms with E-state index in [4.69, 9.17) is 0 Å². The van der Waals surface area contributed by atoms with Crippen molar-refractivity contribution in [3.63, 3.8) is 0 Å². The van der Waals surface area contributed by atoms with Crippen LogP contribution < -0.4 is 0 Å². The Morgan fingerprint density at radius 3 is 2.24 bits per heavy atom. The van der Waals surface area contributed by atoms with Crippen LogP contribution in [0, 0.1) is 20.8 Å². The molecule has 0 saturated heterocycles. The molecule has 0 aliphatic rings. The summed E-state index contributed by atoms with van der Waals surface area (Å²) in [5.41, 5.74) is 3.29. The molecule has 0 bridgehead atoms. The van der Waals surface area contributed by atoms with Crippen molar-refractivity contribution in [3.8, 4) is 0 Å². The molecular formula is C14H15BrOS. The van der Waals surface area contributed by atoms with E-state index in [0.717, 1.165) is 26.0 Å². The number of hydrogen-bond acceptors (Lipinski definition) is 2. The number of thiophene rings is 1. The molecule has 1 atom stereocenters. The Bertz CT molecular complexity index is 525. The third kappa shape index (κ3) is 2.46. The highest BCUT2D eigenvalue weighted by atomic mass is 79.9. The van der Waals surface area contributed by atoms with Crippen LogP contribution in [0.5, 0.6) is 0 Å². The minimum Gasteiger partial charge on any atom is -0.383 e. The van der Waals surface area contributed by atoms with Gasteiger partial charge in [-0.15, -0.1) is 11.3 Å². The van der Waals surface area contributed by atoms with Crippen LogP contribution in [0.3, 0.4) is 0 Å². The quantitative estimate of drug-likeness (QED) is 0.864.